The van der Waals surface area contributed by atoms with Crippen LogP contribution in [0.3, 0.4) is 0 Å². The van der Waals surface area contributed by atoms with E-state index in [0.717, 1.165) is 5.56 Å². The number of rotatable bonds is 7. The lowest BCUT2D eigenvalue weighted by Gasteiger charge is -2.16. The molecule has 2 amide bonds. The van der Waals surface area contributed by atoms with Gasteiger partial charge in [0, 0.05) is 25.2 Å². The number of hydrogen-bond acceptors (Lipinski definition) is 4. The Morgan fingerprint density at radius 3 is 2.52 bits per heavy atom. The van der Waals surface area contributed by atoms with Gasteiger partial charge in [-0.1, -0.05) is 42.5 Å². The average Bonchev–Trinajstić information content (AvgIpc) is 3.09. The molecule has 0 aliphatic heterocycles. The van der Waals surface area contributed by atoms with Crippen LogP contribution in [0.4, 0.5) is 4.39 Å². The van der Waals surface area contributed by atoms with Gasteiger partial charge in [-0.25, -0.2) is 4.39 Å². The normalized spacial score (nSPS) is 11.7. The summed E-state index contributed by atoms with van der Waals surface area (Å²) in [6, 6.07) is 13.5. The number of nitrogens with zero attached hydrogens (tertiary/aromatic N) is 2. The van der Waals surface area contributed by atoms with E-state index in [9.17, 15) is 18.8 Å². The monoisotopic (exact) mass is 394 g/mol. The smallest absolute Gasteiger partial charge is 0.287 e. The number of carbonyl (C=O) groups excluding carboxylic acids is 3. The molecule has 0 unspecified atom stereocenters. The van der Waals surface area contributed by atoms with E-state index >= 15 is 0 Å². The minimum atomic E-state index is -1.14. The summed E-state index contributed by atoms with van der Waals surface area (Å²) in [5.41, 5.74) is 6.72. The molecule has 3 aromatic rings. The zero-order valence-electron chi connectivity index (χ0n) is 15.6. The number of amides is 2. The van der Waals surface area contributed by atoms with Crippen molar-refractivity contribution in [2.45, 2.75) is 12.5 Å². The fraction of sp³-hybridized carbons (Fsp3) is 0.143. The fourth-order valence-electron chi connectivity index (χ4n) is 2.97. The molecule has 148 valence electrons. The van der Waals surface area contributed by atoms with E-state index in [1.807, 2.05) is 6.07 Å². The van der Waals surface area contributed by atoms with Crippen LogP contribution in [0.1, 0.15) is 15.9 Å². The topological polar surface area (TPSA) is 107 Å². The SMILES string of the molecule is Cn1cc(C(=O)N[C@@H](Cc2ccccc2)C(=O)C(N)=O)c(-c2cccc(F)c2)n1. The molecule has 3 rings (SSSR count). The van der Waals surface area contributed by atoms with Crippen molar-refractivity contribution >= 4 is 17.6 Å². The van der Waals surface area contributed by atoms with Crippen LogP contribution in [0.15, 0.2) is 60.8 Å². The second-order valence-corrected chi connectivity index (χ2v) is 6.52. The number of aromatic nitrogens is 2. The van der Waals surface area contributed by atoms with Crippen LogP contribution < -0.4 is 11.1 Å². The van der Waals surface area contributed by atoms with Crippen molar-refractivity contribution in [3.63, 3.8) is 0 Å². The summed E-state index contributed by atoms with van der Waals surface area (Å²) in [7, 11) is 1.62. The van der Waals surface area contributed by atoms with E-state index in [4.69, 9.17) is 5.73 Å². The second kappa shape index (κ2) is 8.47. The first-order valence-corrected chi connectivity index (χ1v) is 8.83. The Labute approximate surface area is 166 Å². The summed E-state index contributed by atoms with van der Waals surface area (Å²) in [6.07, 6.45) is 1.56. The van der Waals surface area contributed by atoms with Crippen LogP contribution in [-0.4, -0.2) is 33.4 Å². The highest BCUT2D eigenvalue weighted by molar-refractivity contribution is 6.38. The maximum Gasteiger partial charge on any atom is 0.287 e. The molecule has 0 fully saturated rings. The number of hydrogen-bond donors (Lipinski definition) is 2. The highest BCUT2D eigenvalue weighted by atomic mass is 19.1. The average molecular weight is 394 g/mol. The van der Waals surface area contributed by atoms with Crippen LogP contribution in [0.25, 0.3) is 11.3 Å². The van der Waals surface area contributed by atoms with E-state index < -0.39 is 29.5 Å². The van der Waals surface area contributed by atoms with Gasteiger partial charge in [0.1, 0.15) is 17.6 Å². The molecule has 0 aliphatic carbocycles. The summed E-state index contributed by atoms with van der Waals surface area (Å²) < 4.78 is 15.0. The minimum absolute atomic E-state index is 0.101. The van der Waals surface area contributed by atoms with Crippen LogP contribution in [0.2, 0.25) is 0 Å². The molecule has 0 bridgehead atoms. The maximum atomic E-state index is 13.6. The molecule has 29 heavy (non-hydrogen) atoms. The number of carbonyl (C=O) groups is 3. The number of halogens is 1. The van der Waals surface area contributed by atoms with Crippen LogP contribution in [-0.2, 0) is 23.1 Å². The van der Waals surface area contributed by atoms with Crippen LogP contribution >= 0.6 is 0 Å². The van der Waals surface area contributed by atoms with Gasteiger partial charge in [-0.15, -0.1) is 0 Å². The van der Waals surface area contributed by atoms with E-state index in [2.05, 4.69) is 10.4 Å². The summed E-state index contributed by atoms with van der Waals surface area (Å²) in [5.74, 6) is -3.13. The zero-order chi connectivity index (χ0) is 21.0. The Kier molecular flexibility index (Phi) is 5.82. The molecule has 1 heterocycles. The van der Waals surface area contributed by atoms with Gasteiger partial charge in [0.2, 0.25) is 5.78 Å². The molecule has 8 heteroatoms. The molecule has 0 saturated carbocycles. The second-order valence-electron chi connectivity index (χ2n) is 6.52. The summed E-state index contributed by atoms with van der Waals surface area (Å²) in [4.78, 5) is 36.6. The third-order valence-electron chi connectivity index (χ3n) is 4.32. The number of ketones is 1. The largest absolute Gasteiger partial charge is 0.363 e. The number of primary amides is 1. The van der Waals surface area contributed by atoms with Gasteiger partial charge in [0.15, 0.2) is 0 Å². The fourth-order valence-corrected chi connectivity index (χ4v) is 2.97. The van der Waals surface area contributed by atoms with E-state index in [0.29, 0.717) is 5.56 Å². The van der Waals surface area contributed by atoms with E-state index in [1.54, 1.807) is 37.4 Å². The number of nitrogens with one attached hydrogen (secondary N) is 1. The van der Waals surface area contributed by atoms with E-state index in [1.165, 1.54) is 29.1 Å². The van der Waals surface area contributed by atoms with Crippen molar-refractivity contribution in [1.29, 1.82) is 0 Å². The Hall–Kier alpha value is -3.81. The molecule has 3 N–H and O–H groups in total. The summed E-state index contributed by atoms with van der Waals surface area (Å²) in [5, 5.41) is 6.79. The van der Waals surface area contributed by atoms with Crippen LogP contribution in [0.5, 0.6) is 0 Å². The lowest BCUT2D eigenvalue weighted by Crippen LogP contribution is -2.47. The van der Waals surface area contributed by atoms with Crippen molar-refractivity contribution < 1.29 is 18.8 Å². The summed E-state index contributed by atoms with van der Waals surface area (Å²) >= 11 is 0. The minimum Gasteiger partial charge on any atom is -0.363 e. The zero-order valence-corrected chi connectivity index (χ0v) is 15.6. The van der Waals surface area contributed by atoms with Gasteiger partial charge < -0.3 is 11.1 Å². The molecule has 0 spiro atoms. The molecule has 0 saturated heterocycles. The van der Waals surface area contributed by atoms with Crippen molar-refractivity contribution in [3.8, 4) is 11.3 Å². The Morgan fingerprint density at radius 1 is 1.14 bits per heavy atom. The number of Topliss-reactive ketones (excluding diaryl/α,β-unsaturated/α-hetero) is 1. The number of benzene rings is 2. The lowest BCUT2D eigenvalue weighted by atomic mass is 10.0. The lowest BCUT2D eigenvalue weighted by molar-refractivity contribution is -0.137. The van der Waals surface area contributed by atoms with Gasteiger partial charge in [0.05, 0.1) is 5.56 Å². The van der Waals surface area contributed by atoms with Crippen molar-refractivity contribution in [1.82, 2.24) is 15.1 Å². The highest BCUT2D eigenvalue weighted by Crippen LogP contribution is 2.23. The molecule has 0 aliphatic rings. The van der Waals surface area contributed by atoms with Crippen molar-refractivity contribution in [2.24, 2.45) is 12.8 Å². The first-order chi connectivity index (χ1) is 13.8. The predicted octanol–water partition coefficient (Wildman–Crippen LogP) is 1.62. The molecule has 2 aromatic carbocycles. The standard InChI is InChI=1S/C21H19FN4O3/c1-26-12-16(18(25-26)14-8-5-9-15(22)11-14)21(29)24-17(19(27)20(23)28)10-13-6-3-2-4-7-13/h2-9,11-12,17H,10H2,1H3,(H2,23,28)(H,24,29)/t17-/m0/s1. The predicted molar refractivity (Wildman–Crippen MR) is 104 cm³/mol. The third-order valence-corrected chi connectivity index (χ3v) is 4.32. The molecule has 1 atom stereocenters. The molecule has 1 aromatic heterocycles. The molecule has 0 radical (unpaired) electrons. The first kappa shape index (κ1) is 19.9. The third kappa shape index (κ3) is 4.73. The first-order valence-electron chi connectivity index (χ1n) is 8.83. The highest BCUT2D eigenvalue weighted by Gasteiger charge is 2.27. The van der Waals surface area contributed by atoms with Gasteiger partial charge in [-0.2, -0.15) is 5.10 Å². The van der Waals surface area contributed by atoms with E-state index in [-0.39, 0.29) is 17.7 Å². The molecule has 7 nitrogen and oxygen atoms in total. The van der Waals surface area contributed by atoms with Gasteiger partial charge in [-0.05, 0) is 17.7 Å². The Bertz CT molecular complexity index is 1060. The Morgan fingerprint density at radius 2 is 1.86 bits per heavy atom. The number of aryl methyl sites for hydroxylation is 1. The quantitative estimate of drug-likeness (QED) is 0.594. The van der Waals surface area contributed by atoms with Gasteiger partial charge >= 0.3 is 0 Å². The Balaban J connectivity index is 1.90. The summed E-state index contributed by atoms with van der Waals surface area (Å²) in [6.45, 7) is 0. The number of nitrogens with two attached hydrogens (primary N) is 1. The van der Waals surface area contributed by atoms with Crippen molar-refractivity contribution in [2.75, 3.05) is 0 Å². The van der Waals surface area contributed by atoms with Gasteiger partial charge in [0.25, 0.3) is 11.8 Å². The molecular formula is C21H19FN4O3. The van der Waals surface area contributed by atoms with Crippen LogP contribution in [0, 0.1) is 5.82 Å². The molecular weight excluding hydrogens is 375 g/mol. The van der Waals surface area contributed by atoms with Gasteiger partial charge in [-0.3, -0.25) is 19.1 Å². The maximum absolute atomic E-state index is 13.6. The van der Waals surface area contributed by atoms with Crippen molar-refractivity contribution in [3.05, 3.63) is 77.7 Å².